The molecule has 24 heavy (non-hydrogen) atoms. The number of halogens is 2. The smallest absolute Gasteiger partial charge is 0.250 e. The van der Waals surface area contributed by atoms with E-state index in [1.165, 1.54) is 0 Å². The summed E-state index contributed by atoms with van der Waals surface area (Å²) in [5, 5.41) is 7.29. The van der Waals surface area contributed by atoms with Crippen molar-refractivity contribution in [3.8, 4) is 11.5 Å². The molecule has 0 aliphatic rings. The molecule has 0 spiro atoms. The molecule has 0 saturated carbocycles. The average Bonchev–Trinajstić information content (AvgIpc) is 3.22. The van der Waals surface area contributed by atoms with E-state index < -0.39 is 0 Å². The third-order valence-electron chi connectivity index (χ3n) is 3.01. The molecule has 0 bridgehead atoms. The van der Waals surface area contributed by atoms with Crippen LogP contribution in [-0.4, -0.2) is 17.7 Å². The first kappa shape index (κ1) is 16.6. The number of rotatable bonds is 6. The molecule has 0 aliphatic carbocycles. The van der Waals surface area contributed by atoms with Crippen LogP contribution in [0, 0.1) is 0 Å². The fourth-order valence-electron chi connectivity index (χ4n) is 1.93. The summed E-state index contributed by atoms with van der Waals surface area (Å²) < 4.78 is 15.7. The Balaban J connectivity index is 1.47. The molecule has 124 valence electrons. The lowest BCUT2D eigenvalue weighted by atomic mass is 10.3. The van der Waals surface area contributed by atoms with Crippen LogP contribution in [-0.2, 0) is 16.1 Å². The lowest BCUT2D eigenvalue weighted by Crippen LogP contribution is -2.18. The van der Waals surface area contributed by atoms with Crippen molar-refractivity contribution in [2.45, 2.75) is 6.61 Å². The van der Waals surface area contributed by atoms with Crippen LogP contribution in [0.1, 0.15) is 5.69 Å². The second-order valence-corrected chi connectivity index (χ2v) is 5.64. The summed E-state index contributed by atoms with van der Waals surface area (Å²) in [6.45, 7) is 0.00218. The maximum absolute atomic E-state index is 11.8. The predicted octanol–water partition coefficient (Wildman–Crippen LogP) is 4.40. The van der Waals surface area contributed by atoms with Crippen molar-refractivity contribution >= 4 is 34.8 Å². The van der Waals surface area contributed by atoms with Gasteiger partial charge in [-0.25, -0.2) is 0 Å². The summed E-state index contributed by atoms with van der Waals surface area (Å²) in [5.74, 6) is 0.758. The van der Waals surface area contributed by atoms with Gasteiger partial charge in [0.2, 0.25) is 11.7 Å². The highest BCUT2D eigenvalue weighted by molar-refractivity contribution is 6.42. The molecule has 0 atom stereocenters. The minimum absolute atomic E-state index is 0.136. The number of nitrogens with one attached hydrogen (secondary N) is 1. The van der Waals surface area contributed by atoms with E-state index in [0.717, 1.165) is 0 Å². The van der Waals surface area contributed by atoms with Crippen molar-refractivity contribution < 1.29 is 18.5 Å². The molecule has 0 saturated heterocycles. The lowest BCUT2D eigenvalue weighted by Gasteiger charge is -2.06. The average molecular weight is 367 g/mol. The summed E-state index contributed by atoms with van der Waals surface area (Å²) >= 11 is 11.7. The lowest BCUT2D eigenvalue weighted by molar-refractivity contribution is -0.121. The fraction of sp³-hybridized carbons (Fsp3) is 0.125. The summed E-state index contributed by atoms with van der Waals surface area (Å²) in [6, 6.07) is 10.0. The Morgan fingerprint density at radius 1 is 1.17 bits per heavy atom. The van der Waals surface area contributed by atoms with Gasteiger partial charge in [0.05, 0.1) is 22.9 Å². The fourth-order valence-corrected chi connectivity index (χ4v) is 2.23. The normalized spacial score (nSPS) is 10.8. The van der Waals surface area contributed by atoms with Gasteiger partial charge in [0.1, 0.15) is 12.3 Å². The first-order chi connectivity index (χ1) is 11.6. The second kappa shape index (κ2) is 7.53. The van der Waals surface area contributed by atoms with E-state index in [2.05, 4.69) is 10.5 Å². The second-order valence-electron chi connectivity index (χ2n) is 4.83. The van der Waals surface area contributed by atoms with Gasteiger partial charge >= 0.3 is 0 Å². The molecule has 0 fully saturated rings. The van der Waals surface area contributed by atoms with E-state index in [9.17, 15) is 4.79 Å². The van der Waals surface area contributed by atoms with Crippen LogP contribution in [0.5, 0.6) is 0 Å². The van der Waals surface area contributed by atoms with E-state index in [4.69, 9.17) is 36.9 Å². The number of aromatic nitrogens is 1. The van der Waals surface area contributed by atoms with Gasteiger partial charge in [-0.1, -0.05) is 28.4 Å². The molecule has 1 amide bonds. The van der Waals surface area contributed by atoms with Crippen molar-refractivity contribution in [2.75, 3.05) is 11.9 Å². The molecule has 2 heterocycles. The number of ether oxygens (including phenoxy) is 1. The monoisotopic (exact) mass is 366 g/mol. The summed E-state index contributed by atoms with van der Waals surface area (Å²) in [7, 11) is 0. The summed E-state index contributed by atoms with van der Waals surface area (Å²) in [4.78, 5) is 11.8. The highest BCUT2D eigenvalue weighted by Crippen LogP contribution is 2.25. The largest absolute Gasteiger partial charge is 0.461 e. The van der Waals surface area contributed by atoms with E-state index in [1.54, 1.807) is 42.7 Å². The van der Waals surface area contributed by atoms with Crippen molar-refractivity contribution in [2.24, 2.45) is 0 Å². The van der Waals surface area contributed by atoms with Crippen LogP contribution >= 0.6 is 23.2 Å². The number of nitrogens with zero attached hydrogens (tertiary/aromatic N) is 1. The van der Waals surface area contributed by atoms with Gasteiger partial charge in [0, 0.05) is 11.8 Å². The standard InChI is InChI=1S/C16H12Cl2N2O4/c17-12-4-3-10(6-13(12)18)19-16(21)9-22-8-11-7-15(24-20-11)14-2-1-5-23-14/h1-7H,8-9H2,(H,19,21). The van der Waals surface area contributed by atoms with Gasteiger partial charge in [-0.3, -0.25) is 4.79 Å². The zero-order valence-corrected chi connectivity index (χ0v) is 13.8. The highest BCUT2D eigenvalue weighted by Gasteiger charge is 2.10. The molecule has 8 heteroatoms. The molecule has 3 aromatic rings. The predicted molar refractivity (Wildman–Crippen MR) is 89.0 cm³/mol. The Hall–Kier alpha value is -2.28. The quantitative estimate of drug-likeness (QED) is 0.699. The minimum atomic E-state index is -0.317. The van der Waals surface area contributed by atoms with Gasteiger partial charge in [0.15, 0.2) is 5.76 Å². The number of anilines is 1. The number of hydrogen-bond donors (Lipinski definition) is 1. The number of benzene rings is 1. The number of carbonyl (C=O) groups is 1. The minimum Gasteiger partial charge on any atom is -0.461 e. The van der Waals surface area contributed by atoms with E-state index in [0.29, 0.717) is 32.9 Å². The van der Waals surface area contributed by atoms with Gasteiger partial charge in [-0.2, -0.15) is 0 Å². The first-order valence-electron chi connectivity index (χ1n) is 6.94. The highest BCUT2D eigenvalue weighted by atomic mass is 35.5. The van der Waals surface area contributed by atoms with E-state index in [1.807, 2.05) is 0 Å². The van der Waals surface area contributed by atoms with Crippen LogP contribution in [0.3, 0.4) is 0 Å². The molecular weight excluding hydrogens is 355 g/mol. The number of amides is 1. The van der Waals surface area contributed by atoms with Crippen LogP contribution in [0.4, 0.5) is 5.69 Å². The van der Waals surface area contributed by atoms with Crippen LogP contribution in [0.25, 0.3) is 11.5 Å². The van der Waals surface area contributed by atoms with Gasteiger partial charge in [-0.05, 0) is 30.3 Å². The summed E-state index contributed by atoms with van der Waals surface area (Å²) in [6.07, 6.45) is 1.54. The number of carbonyl (C=O) groups excluding carboxylic acids is 1. The van der Waals surface area contributed by atoms with Crippen LogP contribution in [0.15, 0.2) is 51.6 Å². The third kappa shape index (κ3) is 4.17. The Morgan fingerprint density at radius 2 is 2.04 bits per heavy atom. The maximum atomic E-state index is 11.8. The summed E-state index contributed by atoms with van der Waals surface area (Å²) in [5.41, 5.74) is 1.10. The van der Waals surface area contributed by atoms with Gasteiger partial charge in [0.25, 0.3) is 0 Å². The molecule has 1 N–H and O–H groups in total. The van der Waals surface area contributed by atoms with E-state index in [-0.39, 0.29) is 19.1 Å². The molecule has 0 aliphatic heterocycles. The molecule has 3 rings (SSSR count). The zero-order chi connectivity index (χ0) is 16.9. The topological polar surface area (TPSA) is 77.5 Å². The molecule has 2 aromatic heterocycles. The molecule has 0 radical (unpaired) electrons. The van der Waals surface area contributed by atoms with Crippen molar-refractivity contribution in [3.05, 3.63) is 58.4 Å². The Morgan fingerprint density at radius 3 is 2.79 bits per heavy atom. The number of furan rings is 1. The maximum Gasteiger partial charge on any atom is 0.250 e. The zero-order valence-electron chi connectivity index (χ0n) is 12.3. The van der Waals surface area contributed by atoms with Crippen molar-refractivity contribution in [1.29, 1.82) is 0 Å². The van der Waals surface area contributed by atoms with Crippen molar-refractivity contribution in [1.82, 2.24) is 5.16 Å². The van der Waals surface area contributed by atoms with Gasteiger partial charge < -0.3 is 19.0 Å². The molecule has 6 nitrogen and oxygen atoms in total. The molecule has 1 aromatic carbocycles. The van der Waals surface area contributed by atoms with Crippen LogP contribution < -0.4 is 5.32 Å². The SMILES string of the molecule is O=C(COCc1cc(-c2ccco2)on1)Nc1ccc(Cl)c(Cl)c1. The Bertz CT molecular complexity index is 830. The Labute approximate surface area is 147 Å². The Kier molecular flexibility index (Phi) is 5.20. The van der Waals surface area contributed by atoms with Gasteiger partial charge in [-0.15, -0.1) is 0 Å². The third-order valence-corrected chi connectivity index (χ3v) is 3.75. The molecular formula is C16H12Cl2N2O4. The van der Waals surface area contributed by atoms with Crippen molar-refractivity contribution in [3.63, 3.8) is 0 Å². The van der Waals surface area contributed by atoms with E-state index >= 15 is 0 Å². The molecule has 0 unspecified atom stereocenters. The first-order valence-corrected chi connectivity index (χ1v) is 7.69. The number of hydrogen-bond acceptors (Lipinski definition) is 5. The van der Waals surface area contributed by atoms with Crippen LogP contribution in [0.2, 0.25) is 10.0 Å².